The Morgan fingerprint density at radius 2 is 2.13 bits per heavy atom. The Bertz CT molecular complexity index is 729. The number of aryl methyl sites for hydroxylation is 2. The zero-order valence-corrected chi connectivity index (χ0v) is 14.6. The summed E-state index contributed by atoms with van der Waals surface area (Å²) >= 11 is 0. The standard InChI is InChI=1S/C19H25FN2O/c1-7-9-15-13(4)21-18(22-15)17-11-10-16(23-17)14(8-2)12(3)19(5,6)20/h8,10-11H,3,7,9H2,1-2,4-6H3,(H,21,22)/b14-8+. The van der Waals surface area contributed by atoms with E-state index in [0.717, 1.165) is 24.2 Å². The molecule has 4 heteroatoms. The lowest BCUT2D eigenvalue weighted by Crippen LogP contribution is -2.15. The predicted molar refractivity (Wildman–Crippen MR) is 93.0 cm³/mol. The molecule has 0 bridgehead atoms. The molecule has 0 amide bonds. The lowest BCUT2D eigenvalue weighted by atomic mass is 9.92. The van der Waals surface area contributed by atoms with Crippen molar-refractivity contribution in [2.45, 2.75) is 53.1 Å². The summed E-state index contributed by atoms with van der Waals surface area (Å²) in [5.41, 5.74) is 1.70. The van der Waals surface area contributed by atoms with E-state index in [2.05, 4.69) is 23.5 Å². The zero-order chi connectivity index (χ0) is 17.2. The van der Waals surface area contributed by atoms with Crippen molar-refractivity contribution in [3.05, 3.63) is 47.5 Å². The predicted octanol–water partition coefficient (Wildman–Crippen LogP) is 5.64. The molecule has 0 spiro atoms. The monoisotopic (exact) mass is 316 g/mol. The van der Waals surface area contributed by atoms with Gasteiger partial charge in [0.2, 0.25) is 0 Å². The van der Waals surface area contributed by atoms with E-state index < -0.39 is 5.67 Å². The maximum Gasteiger partial charge on any atom is 0.174 e. The second-order valence-corrected chi connectivity index (χ2v) is 6.22. The van der Waals surface area contributed by atoms with Crippen LogP contribution in [-0.4, -0.2) is 15.6 Å². The third kappa shape index (κ3) is 3.63. The number of nitrogens with one attached hydrogen (secondary N) is 1. The van der Waals surface area contributed by atoms with Gasteiger partial charge in [0.25, 0.3) is 0 Å². The molecular weight excluding hydrogens is 291 g/mol. The molecule has 124 valence electrons. The Labute approximate surface area is 137 Å². The third-order valence-electron chi connectivity index (χ3n) is 3.91. The molecule has 0 atom stereocenters. The summed E-state index contributed by atoms with van der Waals surface area (Å²) in [6.45, 7) is 12.9. The summed E-state index contributed by atoms with van der Waals surface area (Å²) in [6.07, 6.45) is 3.80. The maximum atomic E-state index is 14.2. The number of H-pyrrole nitrogens is 1. The lowest BCUT2D eigenvalue weighted by molar-refractivity contribution is 0.276. The molecular formula is C19H25FN2O. The van der Waals surface area contributed by atoms with Crippen molar-refractivity contribution in [2.75, 3.05) is 0 Å². The number of rotatable bonds is 6. The first kappa shape index (κ1) is 17.3. The van der Waals surface area contributed by atoms with Crippen LogP contribution in [0.15, 0.2) is 34.8 Å². The van der Waals surface area contributed by atoms with Gasteiger partial charge in [-0.05, 0) is 51.8 Å². The molecule has 2 aromatic heterocycles. The van der Waals surface area contributed by atoms with E-state index in [1.54, 1.807) is 0 Å². The number of allylic oxidation sites excluding steroid dienone is 3. The molecule has 0 radical (unpaired) electrons. The second kappa shape index (κ2) is 6.57. The van der Waals surface area contributed by atoms with E-state index in [0.29, 0.717) is 28.5 Å². The van der Waals surface area contributed by atoms with E-state index >= 15 is 0 Å². The zero-order valence-electron chi connectivity index (χ0n) is 14.6. The van der Waals surface area contributed by atoms with E-state index in [-0.39, 0.29) is 0 Å². The van der Waals surface area contributed by atoms with Gasteiger partial charge in [-0.25, -0.2) is 9.37 Å². The number of aromatic nitrogens is 2. The van der Waals surface area contributed by atoms with Gasteiger partial charge in [-0.3, -0.25) is 0 Å². The highest BCUT2D eigenvalue weighted by Gasteiger charge is 2.25. The molecule has 1 N–H and O–H groups in total. The van der Waals surface area contributed by atoms with Gasteiger partial charge >= 0.3 is 0 Å². The third-order valence-corrected chi connectivity index (χ3v) is 3.91. The van der Waals surface area contributed by atoms with Crippen molar-refractivity contribution in [1.29, 1.82) is 0 Å². The molecule has 0 saturated heterocycles. The highest BCUT2D eigenvalue weighted by atomic mass is 19.1. The molecule has 2 heterocycles. The molecule has 0 fully saturated rings. The van der Waals surface area contributed by atoms with Crippen LogP contribution >= 0.6 is 0 Å². The lowest BCUT2D eigenvalue weighted by Gasteiger charge is -2.19. The van der Waals surface area contributed by atoms with Crippen LogP contribution in [0.5, 0.6) is 0 Å². The van der Waals surface area contributed by atoms with Crippen molar-refractivity contribution < 1.29 is 8.81 Å². The normalized spacial score (nSPS) is 12.7. The average Bonchev–Trinajstić information content (AvgIpc) is 3.07. The molecule has 2 aromatic rings. The van der Waals surface area contributed by atoms with Gasteiger partial charge in [0.15, 0.2) is 11.6 Å². The fraction of sp³-hybridized carbons (Fsp3) is 0.421. The number of hydrogen-bond acceptors (Lipinski definition) is 2. The molecule has 0 aliphatic rings. The van der Waals surface area contributed by atoms with Crippen LogP contribution in [0.2, 0.25) is 0 Å². The van der Waals surface area contributed by atoms with Gasteiger partial charge < -0.3 is 9.40 Å². The minimum Gasteiger partial charge on any atom is -0.453 e. The van der Waals surface area contributed by atoms with Crippen molar-refractivity contribution in [3.8, 4) is 11.6 Å². The minimum atomic E-state index is -1.50. The Kier molecular flexibility index (Phi) is 4.93. The number of imidazole rings is 1. The van der Waals surface area contributed by atoms with Crippen LogP contribution in [0.3, 0.4) is 0 Å². The fourth-order valence-electron chi connectivity index (χ4n) is 2.49. The average molecular weight is 316 g/mol. The molecule has 0 aliphatic carbocycles. The number of halogens is 1. The van der Waals surface area contributed by atoms with E-state index in [9.17, 15) is 4.39 Å². The van der Waals surface area contributed by atoms with Crippen molar-refractivity contribution in [3.63, 3.8) is 0 Å². The summed E-state index contributed by atoms with van der Waals surface area (Å²) in [4.78, 5) is 7.85. The van der Waals surface area contributed by atoms with Gasteiger partial charge in [-0.1, -0.05) is 26.0 Å². The first-order chi connectivity index (χ1) is 10.8. The van der Waals surface area contributed by atoms with E-state index in [1.165, 1.54) is 13.8 Å². The number of alkyl halides is 1. The van der Waals surface area contributed by atoms with Crippen molar-refractivity contribution >= 4 is 5.57 Å². The summed E-state index contributed by atoms with van der Waals surface area (Å²) in [7, 11) is 0. The highest BCUT2D eigenvalue weighted by molar-refractivity contribution is 5.78. The number of hydrogen-bond donors (Lipinski definition) is 1. The maximum absolute atomic E-state index is 14.2. The van der Waals surface area contributed by atoms with Crippen LogP contribution in [-0.2, 0) is 6.42 Å². The van der Waals surface area contributed by atoms with Crippen LogP contribution in [0.4, 0.5) is 4.39 Å². The number of nitrogens with zero attached hydrogens (tertiary/aromatic N) is 1. The largest absolute Gasteiger partial charge is 0.453 e. The molecule has 2 rings (SSSR count). The highest BCUT2D eigenvalue weighted by Crippen LogP contribution is 2.34. The molecule has 0 saturated carbocycles. The summed E-state index contributed by atoms with van der Waals surface area (Å²) in [6, 6.07) is 3.68. The van der Waals surface area contributed by atoms with Crippen molar-refractivity contribution in [2.24, 2.45) is 0 Å². The summed E-state index contributed by atoms with van der Waals surface area (Å²) < 4.78 is 20.1. The van der Waals surface area contributed by atoms with Gasteiger partial charge in [-0.15, -0.1) is 0 Å². The van der Waals surface area contributed by atoms with Gasteiger partial charge in [0, 0.05) is 11.3 Å². The Morgan fingerprint density at radius 3 is 2.70 bits per heavy atom. The van der Waals surface area contributed by atoms with Crippen LogP contribution in [0.1, 0.15) is 51.3 Å². The number of aromatic amines is 1. The van der Waals surface area contributed by atoms with E-state index in [4.69, 9.17) is 4.42 Å². The first-order valence-electron chi connectivity index (χ1n) is 7.99. The van der Waals surface area contributed by atoms with Crippen LogP contribution in [0.25, 0.3) is 17.2 Å². The molecule has 0 aliphatic heterocycles. The Hall–Kier alpha value is -2.10. The Balaban J connectivity index is 2.33. The smallest absolute Gasteiger partial charge is 0.174 e. The number of furan rings is 1. The van der Waals surface area contributed by atoms with Crippen LogP contribution < -0.4 is 0 Å². The van der Waals surface area contributed by atoms with E-state index in [1.807, 2.05) is 32.1 Å². The molecule has 0 unspecified atom stereocenters. The Morgan fingerprint density at radius 1 is 1.43 bits per heavy atom. The molecule has 0 aromatic carbocycles. The topological polar surface area (TPSA) is 41.8 Å². The fourth-order valence-corrected chi connectivity index (χ4v) is 2.49. The molecule has 3 nitrogen and oxygen atoms in total. The second-order valence-electron chi connectivity index (χ2n) is 6.22. The van der Waals surface area contributed by atoms with Crippen molar-refractivity contribution in [1.82, 2.24) is 9.97 Å². The van der Waals surface area contributed by atoms with Gasteiger partial charge in [0.05, 0.1) is 5.69 Å². The quantitative estimate of drug-likeness (QED) is 0.701. The SMILES string of the molecule is C=C(/C(=C\C)c1ccc(-c2nc(CCC)c(C)[nH]2)o1)C(C)(C)F. The van der Waals surface area contributed by atoms with Gasteiger partial charge in [0.1, 0.15) is 11.4 Å². The molecule has 23 heavy (non-hydrogen) atoms. The van der Waals surface area contributed by atoms with Gasteiger partial charge in [-0.2, -0.15) is 0 Å². The summed E-state index contributed by atoms with van der Waals surface area (Å²) in [5, 5.41) is 0. The first-order valence-corrected chi connectivity index (χ1v) is 7.99. The minimum absolute atomic E-state index is 0.406. The van der Waals surface area contributed by atoms with Crippen LogP contribution in [0, 0.1) is 6.92 Å². The summed E-state index contributed by atoms with van der Waals surface area (Å²) in [5.74, 6) is 1.95.